The first-order valence-electron chi connectivity index (χ1n) is 5.18. The van der Waals surface area contributed by atoms with Crippen LogP contribution >= 0.6 is 11.3 Å². The maximum Gasteiger partial charge on any atom is 0.309 e. The molecule has 0 fully saturated rings. The molecule has 0 bridgehead atoms. The number of aryl methyl sites for hydroxylation is 1. The number of aliphatic carboxylic acids is 1. The van der Waals surface area contributed by atoms with Crippen molar-refractivity contribution in [1.29, 1.82) is 0 Å². The van der Waals surface area contributed by atoms with Gasteiger partial charge in [-0.05, 0) is 26.2 Å². The lowest BCUT2D eigenvalue weighted by Gasteiger charge is -2.25. The molecule has 0 unspecified atom stereocenters. The van der Waals surface area contributed by atoms with Gasteiger partial charge in [0, 0.05) is 11.1 Å². The molecule has 0 radical (unpaired) electrons. The lowest BCUT2D eigenvalue weighted by atomic mass is 9.79. The molecular weight excluding hydrogens is 210 g/mol. The molecule has 0 saturated heterocycles. The Morgan fingerprint density at radius 3 is 2.47 bits per heavy atom. The van der Waals surface area contributed by atoms with Crippen molar-refractivity contribution in [2.24, 2.45) is 5.41 Å². The van der Waals surface area contributed by atoms with Gasteiger partial charge in [-0.15, -0.1) is 11.3 Å². The fraction of sp³-hybridized carbons (Fsp3) is 0.636. The highest BCUT2D eigenvalue weighted by atomic mass is 32.1. The third-order valence-electron chi connectivity index (χ3n) is 2.99. The second kappa shape index (κ2) is 4.75. The Balaban J connectivity index is 2.88. The van der Waals surface area contributed by atoms with Gasteiger partial charge in [-0.2, -0.15) is 0 Å². The third-order valence-corrected chi connectivity index (χ3v) is 3.90. The second-order valence-corrected chi connectivity index (χ2v) is 5.13. The lowest BCUT2D eigenvalue weighted by Crippen LogP contribution is -2.31. The highest BCUT2D eigenvalue weighted by Crippen LogP contribution is 2.32. The van der Waals surface area contributed by atoms with Gasteiger partial charge in [-0.3, -0.25) is 4.79 Å². The van der Waals surface area contributed by atoms with E-state index in [0.717, 1.165) is 9.88 Å². The normalized spacial score (nSPS) is 11.7. The van der Waals surface area contributed by atoms with Gasteiger partial charge in [0.2, 0.25) is 0 Å². The van der Waals surface area contributed by atoms with Gasteiger partial charge in [-0.25, -0.2) is 4.98 Å². The van der Waals surface area contributed by atoms with Crippen LogP contribution in [0.4, 0.5) is 0 Å². The summed E-state index contributed by atoms with van der Waals surface area (Å²) in [7, 11) is 0. The van der Waals surface area contributed by atoms with Crippen LogP contribution in [0.15, 0.2) is 6.20 Å². The first kappa shape index (κ1) is 12.2. The number of aromatic nitrogens is 1. The Labute approximate surface area is 94.2 Å². The Hall–Kier alpha value is -0.900. The highest BCUT2D eigenvalue weighted by molar-refractivity contribution is 7.11. The van der Waals surface area contributed by atoms with E-state index in [4.69, 9.17) is 0 Å². The predicted molar refractivity (Wildman–Crippen MR) is 61.2 cm³/mol. The standard InChI is InChI=1S/C11H17NO2S/c1-4-11(5-2,10(13)14)6-9-7-12-8(3)15-9/h7H,4-6H2,1-3H3,(H,13,14). The van der Waals surface area contributed by atoms with Crippen molar-refractivity contribution in [3.8, 4) is 0 Å². The van der Waals surface area contributed by atoms with Gasteiger partial charge in [0.05, 0.1) is 10.4 Å². The van der Waals surface area contributed by atoms with Gasteiger partial charge in [-0.1, -0.05) is 13.8 Å². The van der Waals surface area contributed by atoms with Crippen molar-refractivity contribution in [3.63, 3.8) is 0 Å². The van der Waals surface area contributed by atoms with E-state index >= 15 is 0 Å². The number of hydrogen-bond acceptors (Lipinski definition) is 3. The van der Waals surface area contributed by atoms with E-state index in [1.807, 2.05) is 20.8 Å². The van der Waals surface area contributed by atoms with E-state index in [2.05, 4.69) is 4.98 Å². The summed E-state index contributed by atoms with van der Waals surface area (Å²) in [6.45, 7) is 5.81. The molecule has 0 aromatic carbocycles. The van der Waals surface area contributed by atoms with Crippen LogP contribution in [0.2, 0.25) is 0 Å². The number of nitrogens with zero attached hydrogens (tertiary/aromatic N) is 1. The molecule has 4 heteroatoms. The molecule has 0 aliphatic carbocycles. The molecule has 1 aromatic heterocycles. The van der Waals surface area contributed by atoms with E-state index in [-0.39, 0.29) is 0 Å². The fourth-order valence-corrected chi connectivity index (χ4v) is 2.64. The maximum absolute atomic E-state index is 11.3. The summed E-state index contributed by atoms with van der Waals surface area (Å²) in [4.78, 5) is 16.5. The van der Waals surface area contributed by atoms with Gasteiger partial charge in [0.1, 0.15) is 0 Å². The number of carboxylic acids is 1. The van der Waals surface area contributed by atoms with Gasteiger partial charge in [0.15, 0.2) is 0 Å². The molecule has 3 nitrogen and oxygen atoms in total. The zero-order valence-electron chi connectivity index (χ0n) is 9.41. The van der Waals surface area contributed by atoms with Crippen molar-refractivity contribution < 1.29 is 9.90 Å². The highest BCUT2D eigenvalue weighted by Gasteiger charge is 2.35. The van der Waals surface area contributed by atoms with Gasteiger partial charge in [0.25, 0.3) is 0 Å². The van der Waals surface area contributed by atoms with Crippen LogP contribution in [0.25, 0.3) is 0 Å². The maximum atomic E-state index is 11.3. The summed E-state index contributed by atoms with van der Waals surface area (Å²) in [6.07, 6.45) is 3.72. The number of carboxylic acid groups (broad SMARTS) is 1. The molecule has 84 valence electrons. The van der Waals surface area contributed by atoms with E-state index in [1.54, 1.807) is 17.5 Å². The molecule has 1 N–H and O–H groups in total. The largest absolute Gasteiger partial charge is 0.481 e. The Bertz CT molecular complexity index is 342. The number of carbonyl (C=O) groups is 1. The second-order valence-electron chi connectivity index (χ2n) is 3.81. The van der Waals surface area contributed by atoms with E-state index in [0.29, 0.717) is 19.3 Å². The molecule has 0 aliphatic rings. The van der Waals surface area contributed by atoms with Crippen LogP contribution in [0.1, 0.15) is 36.6 Å². The monoisotopic (exact) mass is 227 g/mol. The molecular formula is C11H17NO2S. The molecule has 0 saturated carbocycles. The SMILES string of the molecule is CCC(CC)(Cc1cnc(C)s1)C(=O)O. The van der Waals surface area contributed by atoms with Crippen LogP contribution < -0.4 is 0 Å². The molecule has 1 aromatic rings. The molecule has 0 atom stereocenters. The minimum absolute atomic E-state index is 0.598. The summed E-state index contributed by atoms with van der Waals surface area (Å²) < 4.78 is 0. The minimum Gasteiger partial charge on any atom is -0.481 e. The van der Waals surface area contributed by atoms with Gasteiger partial charge >= 0.3 is 5.97 Å². The lowest BCUT2D eigenvalue weighted by molar-refractivity contribution is -0.149. The van der Waals surface area contributed by atoms with Crippen molar-refractivity contribution in [3.05, 3.63) is 16.1 Å². The molecule has 0 aliphatic heterocycles. The molecule has 0 spiro atoms. The summed E-state index contributed by atoms with van der Waals surface area (Å²) in [5.41, 5.74) is -0.612. The van der Waals surface area contributed by atoms with Crippen LogP contribution in [0.5, 0.6) is 0 Å². The first-order valence-corrected chi connectivity index (χ1v) is 6.00. The smallest absolute Gasteiger partial charge is 0.309 e. The van der Waals surface area contributed by atoms with Crippen LogP contribution in [-0.4, -0.2) is 16.1 Å². The van der Waals surface area contributed by atoms with Crippen molar-refractivity contribution in [1.82, 2.24) is 4.98 Å². The van der Waals surface area contributed by atoms with E-state index in [1.165, 1.54) is 0 Å². The summed E-state index contributed by atoms with van der Waals surface area (Å²) in [6, 6.07) is 0. The first-order chi connectivity index (χ1) is 7.04. The quantitative estimate of drug-likeness (QED) is 0.841. The van der Waals surface area contributed by atoms with Crippen LogP contribution in [-0.2, 0) is 11.2 Å². The third kappa shape index (κ3) is 2.56. The average Bonchev–Trinajstić information content (AvgIpc) is 2.60. The van der Waals surface area contributed by atoms with Crippen molar-refractivity contribution in [2.45, 2.75) is 40.0 Å². The van der Waals surface area contributed by atoms with E-state index in [9.17, 15) is 9.90 Å². The van der Waals surface area contributed by atoms with Crippen molar-refractivity contribution >= 4 is 17.3 Å². The zero-order chi connectivity index (χ0) is 11.5. The van der Waals surface area contributed by atoms with Crippen LogP contribution in [0, 0.1) is 12.3 Å². The van der Waals surface area contributed by atoms with Gasteiger partial charge < -0.3 is 5.11 Å². The average molecular weight is 227 g/mol. The number of rotatable bonds is 5. The molecule has 1 heterocycles. The molecule has 0 amide bonds. The number of hydrogen-bond donors (Lipinski definition) is 1. The minimum atomic E-state index is -0.696. The Morgan fingerprint density at radius 2 is 2.13 bits per heavy atom. The van der Waals surface area contributed by atoms with Crippen molar-refractivity contribution in [2.75, 3.05) is 0 Å². The molecule has 15 heavy (non-hydrogen) atoms. The summed E-state index contributed by atoms with van der Waals surface area (Å²) in [5, 5.41) is 10.3. The Kier molecular flexibility index (Phi) is 3.85. The summed E-state index contributed by atoms with van der Waals surface area (Å²) in [5.74, 6) is -0.696. The van der Waals surface area contributed by atoms with Crippen LogP contribution in [0.3, 0.4) is 0 Å². The Morgan fingerprint density at radius 1 is 1.53 bits per heavy atom. The summed E-state index contributed by atoms with van der Waals surface area (Å²) >= 11 is 1.59. The predicted octanol–water partition coefficient (Wildman–Crippen LogP) is 2.89. The zero-order valence-corrected chi connectivity index (χ0v) is 10.2. The molecule has 1 rings (SSSR count). The number of thiazole rings is 1. The topological polar surface area (TPSA) is 50.2 Å². The fourth-order valence-electron chi connectivity index (χ4n) is 1.70. The van der Waals surface area contributed by atoms with E-state index < -0.39 is 11.4 Å².